The topological polar surface area (TPSA) is 53.4 Å². The van der Waals surface area contributed by atoms with E-state index in [1.165, 1.54) is 0 Å². The molecule has 0 saturated carbocycles. The largest absolute Gasteiger partial charge is 0.481 e. The van der Waals surface area contributed by atoms with Crippen molar-refractivity contribution < 1.29 is 9.90 Å². The zero-order chi connectivity index (χ0) is 12.3. The fourth-order valence-corrected chi connectivity index (χ4v) is 3.12. The standard InChI is InChI=1S/C12H18N2O2S/c1-9(12-13-4-7-17-12)14-5-2-10(3-6-14)8-11(15)16/h4,7,9-10H,2-3,5-6,8H2,1H3,(H,15,16). The molecule has 0 radical (unpaired) electrons. The molecule has 1 aromatic heterocycles. The van der Waals surface area contributed by atoms with Gasteiger partial charge >= 0.3 is 5.97 Å². The quantitative estimate of drug-likeness (QED) is 0.896. The van der Waals surface area contributed by atoms with Crippen LogP contribution < -0.4 is 0 Å². The molecule has 0 aliphatic carbocycles. The van der Waals surface area contributed by atoms with Gasteiger partial charge in [-0.3, -0.25) is 9.69 Å². The first-order valence-electron chi connectivity index (χ1n) is 6.02. The number of aliphatic carboxylic acids is 1. The number of hydrogen-bond acceptors (Lipinski definition) is 4. The summed E-state index contributed by atoms with van der Waals surface area (Å²) < 4.78 is 0. The normalized spacial score (nSPS) is 20.3. The molecule has 94 valence electrons. The van der Waals surface area contributed by atoms with E-state index in [-0.39, 0.29) is 0 Å². The van der Waals surface area contributed by atoms with Gasteiger partial charge in [0.2, 0.25) is 0 Å². The molecule has 0 spiro atoms. The molecule has 0 bridgehead atoms. The van der Waals surface area contributed by atoms with Crippen molar-refractivity contribution in [2.24, 2.45) is 5.92 Å². The van der Waals surface area contributed by atoms with Crippen LogP contribution in [0.15, 0.2) is 11.6 Å². The van der Waals surface area contributed by atoms with Gasteiger partial charge in [-0.15, -0.1) is 11.3 Å². The Morgan fingerprint density at radius 1 is 1.65 bits per heavy atom. The highest BCUT2D eigenvalue weighted by molar-refractivity contribution is 7.09. The van der Waals surface area contributed by atoms with Crippen LogP contribution >= 0.6 is 11.3 Å². The number of hydrogen-bond donors (Lipinski definition) is 1. The Labute approximate surface area is 105 Å². The first-order valence-corrected chi connectivity index (χ1v) is 6.90. The second-order valence-electron chi connectivity index (χ2n) is 4.62. The summed E-state index contributed by atoms with van der Waals surface area (Å²) in [5.41, 5.74) is 0. The van der Waals surface area contributed by atoms with E-state index in [4.69, 9.17) is 5.11 Å². The van der Waals surface area contributed by atoms with Gasteiger partial charge in [0, 0.05) is 18.0 Å². The Hall–Kier alpha value is -0.940. The fourth-order valence-electron chi connectivity index (χ4n) is 2.39. The third-order valence-corrected chi connectivity index (χ3v) is 4.41. The average molecular weight is 254 g/mol. The van der Waals surface area contributed by atoms with Gasteiger partial charge in [-0.25, -0.2) is 4.98 Å². The summed E-state index contributed by atoms with van der Waals surface area (Å²) in [6, 6.07) is 0.362. The molecule has 1 unspecified atom stereocenters. The average Bonchev–Trinajstić information content (AvgIpc) is 2.82. The molecular formula is C12H18N2O2S. The third-order valence-electron chi connectivity index (χ3n) is 3.47. The maximum Gasteiger partial charge on any atom is 0.303 e. The molecule has 1 atom stereocenters. The summed E-state index contributed by atoms with van der Waals surface area (Å²) in [4.78, 5) is 17.4. The molecule has 0 aromatic carbocycles. The number of likely N-dealkylation sites (tertiary alicyclic amines) is 1. The molecule has 17 heavy (non-hydrogen) atoms. The number of aromatic nitrogens is 1. The van der Waals surface area contributed by atoms with Crippen molar-refractivity contribution in [3.63, 3.8) is 0 Å². The molecule has 0 amide bonds. The maximum atomic E-state index is 10.6. The SMILES string of the molecule is CC(c1nccs1)N1CCC(CC(=O)O)CC1. The van der Waals surface area contributed by atoms with Gasteiger partial charge in [0.15, 0.2) is 0 Å². The molecule has 2 heterocycles. The first kappa shape index (κ1) is 12.5. The second-order valence-corrected chi connectivity index (χ2v) is 5.55. The van der Waals surface area contributed by atoms with Crippen LogP contribution in [0.2, 0.25) is 0 Å². The highest BCUT2D eigenvalue weighted by Gasteiger charge is 2.25. The van der Waals surface area contributed by atoms with Crippen LogP contribution in [0.1, 0.15) is 37.2 Å². The van der Waals surface area contributed by atoms with Crippen molar-refractivity contribution in [1.82, 2.24) is 9.88 Å². The third kappa shape index (κ3) is 3.26. The molecule has 1 N–H and O–H groups in total. The predicted octanol–water partition coefficient (Wildman–Crippen LogP) is 2.39. The molecule has 2 rings (SSSR count). The van der Waals surface area contributed by atoms with E-state index in [1.54, 1.807) is 11.3 Å². The smallest absolute Gasteiger partial charge is 0.303 e. The van der Waals surface area contributed by atoms with E-state index in [0.717, 1.165) is 30.9 Å². The Bertz CT molecular complexity index is 359. The fraction of sp³-hybridized carbons (Fsp3) is 0.667. The van der Waals surface area contributed by atoms with Crippen LogP contribution in [0.5, 0.6) is 0 Å². The van der Waals surface area contributed by atoms with Crippen LogP contribution in [-0.2, 0) is 4.79 Å². The highest BCUT2D eigenvalue weighted by Crippen LogP contribution is 2.28. The van der Waals surface area contributed by atoms with Gasteiger partial charge in [-0.1, -0.05) is 0 Å². The molecule has 1 aliphatic heterocycles. The van der Waals surface area contributed by atoms with Crippen molar-refractivity contribution in [2.75, 3.05) is 13.1 Å². The van der Waals surface area contributed by atoms with Crippen LogP contribution in [0.3, 0.4) is 0 Å². The summed E-state index contributed by atoms with van der Waals surface area (Å²) in [6.07, 6.45) is 4.14. The molecule has 5 heteroatoms. The second kappa shape index (κ2) is 5.60. The number of nitrogens with zero attached hydrogens (tertiary/aromatic N) is 2. The Kier molecular flexibility index (Phi) is 4.12. The zero-order valence-electron chi connectivity index (χ0n) is 10.0. The lowest BCUT2D eigenvalue weighted by molar-refractivity contribution is -0.138. The van der Waals surface area contributed by atoms with Gasteiger partial charge in [-0.05, 0) is 38.8 Å². The van der Waals surface area contributed by atoms with E-state index < -0.39 is 5.97 Å². The Balaban J connectivity index is 1.84. The van der Waals surface area contributed by atoms with Crippen molar-refractivity contribution in [3.05, 3.63) is 16.6 Å². The minimum atomic E-state index is -0.670. The predicted molar refractivity (Wildman–Crippen MR) is 67.1 cm³/mol. The molecule has 1 fully saturated rings. The van der Waals surface area contributed by atoms with Gasteiger partial charge < -0.3 is 5.11 Å². The van der Waals surface area contributed by atoms with E-state index in [1.807, 2.05) is 11.6 Å². The van der Waals surface area contributed by atoms with Crippen molar-refractivity contribution in [3.8, 4) is 0 Å². The van der Waals surface area contributed by atoms with Crippen LogP contribution in [-0.4, -0.2) is 34.0 Å². The monoisotopic (exact) mass is 254 g/mol. The Morgan fingerprint density at radius 2 is 2.35 bits per heavy atom. The summed E-state index contributed by atoms with van der Waals surface area (Å²) in [5.74, 6) is -0.316. The maximum absolute atomic E-state index is 10.6. The number of carbonyl (C=O) groups is 1. The van der Waals surface area contributed by atoms with Crippen LogP contribution in [0.4, 0.5) is 0 Å². The van der Waals surface area contributed by atoms with E-state index >= 15 is 0 Å². The number of thiazole rings is 1. The Morgan fingerprint density at radius 3 is 2.88 bits per heavy atom. The molecule has 1 aliphatic rings. The summed E-state index contributed by atoms with van der Waals surface area (Å²) in [7, 11) is 0. The van der Waals surface area contributed by atoms with Crippen molar-refractivity contribution in [2.45, 2.75) is 32.2 Å². The molecule has 4 nitrogen and oxygen atoms in total. The van der Waals surface area contributed by atoms with Gasteiger partial charge in [0.25, 0.3) is 0 Å². The van der Waals surface area contributed by atoms with E-state index in [2.05, 4.69) is 16.8 Å². The van der Waals surface area contributed by atoms with E-state index in [9.17, 15) is 4.79 Å². The van der Waals surface area contributed by atoms with Crippen LogP contribution in [0, 0.1) is 5.92 Å². The molecule has 1 saturated heterocycles. The van der Waals surface area contributed by atoms with Gasteiger partial charge in [-0.2, -0.15) is 0 Å². The van der Waals surface area contributed by atoms with Crippen molar-refractivity contribution in [1.29, 1.82) is 0 Å². The molecule has 1 aromatic rings. The van der Waals surface area contributed by atoms with Crippen LogP contribution in [0.25, 0.3) is 0 Å². The summed E-state index contributed by atoms with van der Waals surface area (Å²) in [5, 5.41) is 11.9. The van der Waals surface area contributed by atoms with E-state index in [0.29, 0.717) is 18.4 Å². The highest BCUT2D eigenvalue weighted by atomic mass is 32.1. The summed E-state index contributed by atoms with van der Waals surface area (Å²) >= 11 is 1.69. The number of rotatable bonds is 4. The lowest BCUT2D eigenvalue weighted by atomic mass is 9.93. The number of piperidine rings is 1. The number of carboxylic acids is 1. The van der Waals surface area contributed by atoms with Crippen molar-refractivity contribution >= 4 is 17.3 Å². The number of carboxylic acid groups (broad SMARTS) is 1. The van der Waals surface area contributed by atoms with Gasteiger partial charge in [0.05, 0.1) is 6.04 Å². The first-order chi connectivity index (χ1) is 8.16. The lowest BCUT2D eigenvalue weighted by Gasteiger charge is -2.34. The summed E-state index contributed by atoms with van der Waals surface area (Å²) in [6.45, 7) is 4.15. The lowest BCUT2D eigenvalue weighted by Crippen LogP contribution is -2.36. The molecular weight excluding hydrogens is 236 g/mol. The van der Waals surface area contributed by atoms with Gasteiger partial charge in [0.1, 0.15) is 5.01 Å². The zero-order valence-corrected chi connectivity index (χ0v) is 10.8. The minimum Gasteiger partial charge on any atom is -0.481 e. The minimum absolute atomic E-state index is 0.319.